The fraction of sp³-hybridized carbons (Fsp3) is 1.00. The minimum atomic E-state index is 0.254. The molecule has 2 heteroatoms. The van der Waals surface area contributed by atoms with E-state index in [0.717, 1.165) is 18.4 Å². The fourth-order valence-electron chi connectivity index (χ4n) is 2.39. The molecule has 2 nitrogen and oxygen atoms in total. The Morgan fingerprint density at radius 1 is 1.36 bits per heavy atom. The SMILES string of the molecule is CCC1CCCC(CN[C@H](C)CO)C1. The Bertz CT molecular complexity index is 149. The number of nitrogens with one attached hydrogen (secondary N) is 1. The third kappa shape index (κ3) is 3.97. The maximum atomic E-state index is 8.90. The standard InChI is InChI=1S/C12H25NO/c1-3-11-5-4-6-12(7-11)8-13-10(2)9-14/h10-14H,3-9H2,1-2H3/t10-,11?,12?/m1/s1. The largest absolute Gasteiger partial charge is 0.395 e. The number of hydrogen-bond donors (Lipinski definition) is 2. The lowest BCUT2D eigenvalue weighted by atomic mass is 9.80. The molecule has 0 radical (unpaired) electrons. The number of aliphatic hydroxyl groups is 1. The lowest BCUT2D eigenvalue weighted by molar-refractivity contribution is 0.219. The van der Waals surface area contributed by atoms with E-state index in [-0.39, 0.29) is 12.6 Å². The van der Waals surface area contributed by atoms with Gasteiger partial charge in [-0.3, -0.25) is 0 Å². The molecule has 0 heterocycles. The second kappa shape index (κ2) is 6.41. The van der Waals surface area contributed by atoms with Crippen LogP contribution in [0.5, 0.6) is 0 Å². The average Bonchev–Trinajstić information content (AvgIpc) is 2.26. The van der Waals surface area contributed by atoms with Crippen LogP contribution >= 0.6 is 0 Å². The molecule has 0 bridgehead atoms. The molecule has 0 aliphatic heterocycles. The lowest BCUT2D eigenvalue weighted by Crippen LogP contribution is -2.35. The molecule has 2 unspecified atom stereocenters. The van der Waals surface area contributed by atoms with E-state index in [9.17, 15) is 0 Å². The second-order valence-electron chi connectivity index (χ2n) is 4.80. The summed E-state index contributed by atoms with van der Waals surface area (Å²) < 4.78 is 0. The van der Waals surface area contributed by atoms with E-state index in [4.69, 9.17) is 5.11 Å². The van der Waals surface area contributed by atoms with Gasteiger partial charge in [0.25, 0.3) is 0 Å². The summed E-state index contributed by atoms with van der Waals surface area (Å²) in [6, 6.07) is 0.261. The zero-order valence-electron chi connectivity index (χ0n) is 9.63. The van der Waals surface area contributed by atoms with Gasteiger partial charge in [-0.1, -0.05) is 26.2 Å². The summed E-state index contributed by atoms with van der Waals surface area (Å²) in [5, 5.41) is 12.3. The van der Waals surface area contributed by atoms with Crippen molar-refractivity contribution < 1.29 is 5.11 Å². The van der Waals surface area contributed by atoms with Crippen LogP contribution in [0, 0.1) is 11.8 Å². The first-order chi connectivity index (χ1) is 6.76. The van der Waals surface area contributed by atoms with Gasteiger partial charge >= 0.3 is 0 Å². The second-order valence-corrected chi connectivity index (χ2v) is 4.80. The third-order valence-electron chi connectivity index (χ3n) is 3.50. The summed E-state index contributed by atoms with van der Waals surface area (Å²) in [6.07, 6.45) is 6.94. The van der Waals surface area contributed by atoms with Crippen LogP contribution in [0.3, 0.4) is 0 Å². The maximum absolute atomic E-state index is 8.90. The molecule has 0 amide bonds. The Balaban J connectivity index is 2.17. The normalized spacial score (nSPS) is 30.2. The van der Waals surface area contributed by atoms with Crippen molar-refractivity contribution in [2.24, 2.45) is 11.8 Å². The molecule has 0 aromatic carbocycles. The first-order valence-electron chi connectivity index (χ1n) is 6.10. The van der Waals surface area contributed by atoms with Gasteiger partial charge in [-0.05, 0) is 38.1 Å². The van der Waals surface area contributed by atoms with Crippen molar-refractivity contribution in [1.82, 2.24) is 5.32 Å². The van der Waals surface area contributed by atoms with E-state index in [2.05, 4.69) is 12.2 Å². The van der Waals surface area contributed by atoms with Crippen molar-refractivity contribution in [2.75, 3.05) is 13.2 Å². The molecular weight excluding hydrogens is 174 g/mol. The number of rotatable bonds is 5. The van der Waals surface area contributed by atoms with Gasteiger partial charge < -0.3 is 10.4 Å². The predicted molar refractivity (Wildman–Crippen MR) is 60.3 cm³/mol. The molecule has 1 aliphatic carbocycles. The van der Waals surface area contributed by atoms with Crippen LogP contribution in [0.1, 0.15) is 46.0 Å². The molecule has 1 aliphatic rings. The minimum absolute atomic E-state index is 0.254. The summed E-state index contributed by atoms with van der Waals surface area (Å²) in [7, 11) is 0. The molecule has 0 saturated heterocycles. The Morgan fingerprint density at radius 2 is 2.07 bits per heavy atom. The van der Waals surface area contributed by atoms with Gasteiger partial charge in [0.15, 0.2) is 0 Å². The van der Waals surface area contributed by atoms with Gasteiger partial charge in [0.2, 0.25) is 0 Å². The van der Waals surface area contributed by atoms with Crippen molar-refractivity contribution in [2.45, 2.75) is 52.0 Å². The first-order valence-corrected chi connectivity index (χ1v) is 6.10. The number of aliphatic hydroxyl groups excluding tert-OH is 1. The molecular formula is C12H25NO. The molecule has 0 aromatic heterocycles. The summed E-state index contributed by atoms with van der Waals surface area (Å²) in [4.78, 5) is 0. The summed E-state index contributed by atoms with van der Waals surface area (Å²) in [5.41, 5.74) is 0. The van der Waals surface area contributed by atoms with Crippen molar-refractivity contribution >= 4 is 0 Å². The Kier molecular flexibility index (Phi) is 5.49. The van der Waals surface area contributed by atoms with Gasteiger partial charge in [-0.15, -0.1) is 0 Å². The van der Waals surface area contributed by atoms with Crippen LogP contribution in [0.15, 0.2) is 0 Å². The van der Waals surface area contributed by atoms with Crippen LogP contribution in [0.2, 0.25) is 0 Å². The van der Waals surface area contributed by atoms with Crippen LogP contribution in [-0.4, -0.2) is 24.3 Å². The zero-order valence-corrected chi connectivity index (χ0v) is 9.63. The van der Waals surface area contributed by atoms with Gasteiger partial charge in [0.05, 0.1) is 6.61 Å². The van der Waals surface area contributed by atoms with E-state index in [1.807, 2.05) is 6.92 Å². The molecule has 1 saturated carbocycles. The van der Waals surface area contributed by atoms with E-state index in [0.29, 0.717) is 0 Å². The zero-order chi connectivity index (χ0) is 10.4. The highest BCUT2D eigenvalue weighted by Crippen LogP contribution is 2.30. The van der Waals surface area contributed by atoms with E-state index in [1.165, 1.54) is 32.1 Å². The highest BCUT2D eigenvalue weighted by molar-refractivity contribution is 4.75. The minimum Gasteiger partial charge on any atom is -0.395 e. The van der Waals surface area contributed by atoms with Crippen LogP contribution in [0.4, 0.5) is 0 Å². The molecule has 2 N–H and O–H groups in total. The van der Waals surface area contributed by atoms with Gasteiger partial charge in [0.1, 0.15) is 0 Å². The highest BCUT2D eigenvalue weighted by atomic mass is 16.3. The monoisotopic (exact) mass is 199 g/mol. The van der Waals surface area contributed by atoms with Crippen molar-refractivity contribution in [3.8, 4) is 0 Å². The van der Waals surface area contributed by atoms with Crippen LogP contribution < -0.4 is 5.32 Å². The van der Waals surface area contributed by atoms with Crippen molar-refractivity contribution in [3.05, 3.63) is 0 Å². The number of hydrogen-bond acceptors (Lipinski definition) is 2. The Hall–Kier alpha value is -0.0800. The van der Waals surface area contributed by atoms with Crippen LogP contribution in [-0.2, 0) is 0 Å². The molecule has 84 valence electrons. The molecule has 14 heavy (non-hydrogen) atoms. The fourth-order valence-corrected chi connectivity index (χ4v) is 2.39. The quantitative estimate of drug-likeness (QED) is 0.711. The van der Waals surface area contributed by atoms with Crippen molar-refractivity contribution in [1.29, 1.82) is 0 Å². The Labute approximate surface area is 88.1 Å². The van der Waals surface area contributed by atoms with Gasteiger partial charge in [-0.2, -0.15) is 0 Å². The lowest BCUT2D eigenvalue weighted by Gasteiger charge is -2.29. The first kappa shape index (κ1) is 12.0. The van der Waals surface area contributed by atoms with Crippen LogP contribution in [0.25, 0.3) is 0 Å². The predicted octanol–water partition coefficient (Wildman–Crippen LogP) is 2.17. The van der Waals surface area contributed by atoms with Gasteiger partial charge in [-0.25, -0.2) is 0 Å². The van der Waals surface area contributed by atoms with Gasteiger partial charge in [0, 0.05) is 6.04 Å². The van der Waals surface area contributed by atoms with Crippen molar-refractivity contribution in [3.63, 3.8) is 0 Å². The molecule has 1 rings (SSSR count). The molecule has 0 aromatic rings. The van der Waals surface area contributed by atoms with E-state index < -0.39 is 0 Å². The third-order valence-corrected chi connectivity index (χ3v) is 3.50. The maximum Gasteiger partial charge on any atom is 0.0581 e. The molecule has 3 atom stereocenters. The Morgan fingerprint density at radius 3 is 2.71 bits per heavy atom. The average molecular weight is 199 g/mol. The van der Waals surface area contributed by atoms with E-state index >= 15 is 0 Å². The summed E-state index contributed by atoms with van der Waals surface area (Å²) in [6.45, 7) is 5.69. The van der Waals surface area contributed by atoms with E-state index in [1.54, 1.807) is 0 Å². The molecule has 0 spiro atoms. The highest BCUT2D eigenvalue weighted by Gasteiger charge is 2.20. The summed E-state index contributed by atoms with van der Waals surface area (Å²) >= 11 is 0. The smallest absolute Gasteiger partial charge is 0.0581 e. The molecule has 1 fully saturated rings. The summed E-state index contributed by atoms with van der Waals surface area (Å²) in [5.74, 6) is 1.81. The topological polar surface area (TPSA) is 32.3 Å².